The van der Waals surface area contributed by atoms with Gasteiger partial charge in [-0.15, -0.1) is 0 Å². The quantitative estimate of drug-likeness (QED) is 0.615. The summed E-state index contributed by atoms with van der Waals surface area (Å²) in [5.41, 5.74) is 1.23. The summed E-state index contributed by atoms with van der Waals surface area (Å²) in [4.78, 5) is 11.5. The molecule has 1 nitrogen and oxygen atoms in total. The lowest BCUT2D eigenvalue weighted by atomic mass is 10.0. The summed E-state index contributed by atoms with van der Waals surface area (Å²) in [6.07, 6.45) is 0. The first-order chi connectivity index (χ1) is 6.56. The Kier molecular flexibility index (Phi) is 4.26. The van der Waals surface area contributed by atoms with Crippen molar-refractivity contribution in [2.45, 2.75) is 11.8 Å². The summed E-state index contributed by atoms with van der Waals surface area (Å²) in [5.74, 6) is -0.344. The first kappa shape index (κ1) is 11.9. The van der Waals surface area contributed by atoms with Gasteiger partial charge in [0, 0.05) is 10.9 Å². The van der Waals surface area contributed by atoms with Crippen LogP contribution in [0.1, 0.15) is 15.9 Å². The standard InChI is InChI=1S/C10H9Br2FO/c1-6-4-7(13)2-3-8(6)10(14)9(12)5-11/h2-4,9H,5H2,1H3. The van der Waals surface area contributed by atoms with Crippen molar-refractivity contribution in [3.05, 3.63) is 35.1 Å². The van der Waals surface area contributed by atoms with Crippen LogP contribution in [0.5, 0.6) is 0 Å². The Hall–Kier alpha value is -0.220. The van der Waals surface area contributed by atoms with Crippen molar-refractivity contribution in [1.82, 2.24) is 0 Å². The minimum Gasteiger partial charge on any atom is -0.293 e. The molecule has 76 valence electrons. The molecule has 0 aromatic heterocycles. The second kappa shape index (κ2) is 5.03. The van der Waals surface area contributed by atoms with Crippen LogP contribution < -0.4 is 0 Å². The first-order valence-electron chi connectivity index (χ1n) is 4.06. The second-order valence-electron chi connectivity index (χ2n) is 2.95. The van der Waals surface area contributed by atoms with Crippen molar-refractivity contribution in [2.75, 3.05) is 5.33 Å². The predicted octanol–water partition coefficient (Wildman–Crippen LogP) is 3.48. The number of hydrogen-bond donors (Lipinski definition) is 0. The molecule has 1 aromatic rings. The zero-order valence-corrected chi connectivity index (χ0v) is 10.7. The molecule has 0 aliphatic carbocycles. The monoisotopic (exact) mass is 322 g/mol. The summed E-state index contributed by atoms with van der Waals surface area (Å²) < 4.78 is 12.8. The van der Waals surface area contributed by atoms with Gasteiger partial charge in [-0.3, -0.25) is 4.79 Å². The van der Waals surface area contributed by atoms with Crippen LogP contribution in [0, 0.1) is 12.7 Å². The molecule has 0 aliphatic heterocycles. The van der Waals surface area contributed by atoms with Gasteiger partial charge >= 0.3 is 0 Å². The Morgan fingerprint density at radius 3 is 2.71 bits per heavy atom. The smallest absolute Gasteiger partial charge is 0.177 e. The maximum Gasteiger partial charge on any atom is 0.177 e. The number of benzene rings is 1. The second-order valence-corrected chi connectivity index (χ2v) is 4.70. The van der Waals surface area contributed by atoms with Gasteiger partial charge in [0.1, 0.15) is 5.82 Å². The number of hydrogen-bond acceptors (Lipinski definition) is 1. The number of halogens is 3. The van der Waals surface area contributed by atoms with Crippen LogP contribution in [0.15, 0.2) is 18.2 Å². The summed E-state index contributed by atoms with van der Waals surface area (Å²) in [5, 5.41) is 0.544. The molecule has 1 atom stereocenters. The zero-order valence-electron chi connectivity index (χ0n) is 7.56. The normalized spacial score (nSPS) is 12.6. The molecule has 0 amide bonds. The third kappa shape index (κ3) is 2.64. The van der Waals surface area contributed by atoms with E-state index in [9.17, 15) is 9.18 Å². The van der Waals surface area contributed by atoms with Crippen LogP contribution in [0.4, 0.5) is 4.39 Å². The lowest BCUT2D eigenvalue weighted by Gasteiger charge is -2.07. The highest BCUT2D eigenvalue weighted by Gasteiger charge is 2.17. The van der Waals surface area contributed by atoms with Crippen LogP contribution in [-0.4, -0.2) is 15.9 Å². The molecule has 0 radical (unpaired) electrons. The molecular formula is C10H9Br2FO. The number of carbonyl (C=O) groups excluding carboxylic acids is 1. The number of carbonyl (C=O) groups is 1. The number of Topliss-reactive ketones (excluding diaryl/α,β-unsaturated/α-hetero) is 1. The first-order valence-corrected chi connectivity index (χ1v) is 6.10. The molecule has 0 bridgehead atoms. The number of alkyl halides is 2. The van der Waals surface area contributed by atoms with Gasteiger partial charge < -0.3 is 0 Å². The Bertz CT molecular complexity index is 352. The average Bonchev–Trinajstić information content (AvgIpc) is 2.15. The number of ketones is 1. The van der Waals surface area contributed by atoms with Gasteiger partial charge in [-0.05, 0) is 30.7 Å². The molecule has 0 spiro atoms. The van der Waals surface area contributed by atoms with Crippen LogP contribution >= 0.6 is 31.9 Å². The molecule has 1 unspecified atom stereocenters. The van der Waals surface area contributed by atoms with Crippen LogP contribution in [0.2, 0.25) is 0 Å². The van der Waals surface area contributed by atoms with Gasteiger partial charge in [-0.2, -0.15) is 0 Å². The maximum atomic E-state index is 12.8. The molecule has 1 aromatic carbocycles. The maximum absolute atomic E-state index is 12.8. The van der Waals surface area contributed by atoms with Gasteiger partial charge in [-0.25, -0.2) is 4.39 Å². The molecule has 0 heterocycles. The van der Waals surface area contributed by atoms with E-state index in [-0.39, 0.29) is 16.4 Å². The van der Waals surface area contributed by atoms with E-state index in [2.05, 4.69) is 31.9 Å². The Morgan fingerprint density at radius 2 is 2.21 bits per heavy atom. The number of rotatable bonds is 3. The average molecular weight is 324 g/mol. The molecule has 4 heteroatoms. The summed E-state index contributed by atoms with van der Waals surface area (Å²) >= 11 is 6.45. The van der Waals surface area contributed by atoms with Crippen molar-refractivity contribution in [1.29, 1.82) is 0 Å². The Morgan fingerprint density at radius 1 is 1.57 bits per heavy atom. The van der Waals surface area contributed by atoms with E-state index < -0.39 is 0 Å². The van der Waals surface area contributed by atoms with Crippen molar-refractivity contribution in [3.8, 4) is 0 Å². The number of aryl methyl sites for hydroxylation is 1. The summed E-state index contributed by atoms with van der Waals surface area (Å²) in [6, 6.07) is 4.18. The Labute approximate surface area is 99.0 Å². The fraction of sp³-hybridized carbons (Fsp3) is 0.300. The fourth-order valence-electron chi connectivity index (χ4n) is 1.14. The summed E-state index contributed by atoms with van der Waals surface area (Å²) in [6.45, 7) is 1.73. The Balaban J connectivity index is 3.02. The van der Waals surface area contributed by atoms with Gasteiger partial charge in [0.25, 0.3) is 0 Å². The van der Waals surface area contributed by atoms with Crippen molar-refractivity contribution in [2.24, 2.45) is 0 Å². The third-order valence-corrected chi connectivity index (χ3v) is 4.13. The molecular weight excluding hydrogens is 315 g/mol. The molecule has 0 N–H and O–H groups in total. The SMILES string of the molecule is Cc1cc(F)ccc1C(=O)C(Br)CBr. The van der Waals surface area contributed by atoms with E-state index in [1.165, 1.54) is 18.2 Å². The highest BCUT2D eigenvalue weighted by molar-refractivity contribution is 9.12. The van der Waals surface area contributed by atoms with Crippen molar-refractivity contribution in [3.63, 3.8) is 0 Å². The molecule has 14 heavy (non-hydrogen) atoms. The van der Waals surface area contributed by atoms with Gasteiger partial charge in [0.05, 0.1) is 4.83 Å². The van der Waals surface area contributed by atoms with Crippen molar-refractivity contribution >= 4 is 37.6 Å². The van der Waals surface area contributed by atoms with Gasteiger partial charge in [0.15, 0.2) is 5.78 Å². The van der Waals surface area contributed by atoms with Gasteiger partial charge in [-0.1, -0.05) is 31.9 Å². The minimum atomic E-state index is -0.316. The molecule has 0 saturated carbocycles. The van der Waals surface area contributed by atoms with E-state index >= 15 is 0 Å². The van der Waals surface area contributed by atoms with Gasteiger partial charge in [0.2, 0.25) is 0 Å². The topological polar surface area (TPSA) is 17.1 Å². The van der Waals surface area contributed by atoms with Crippen LogP contribution in [0.25, 0.3) is 0 Å². The molecule has 0 fully saturated rings. The van der Waals surface area contributed by atoms with E-state index in [0.29, 0.717) is 16.5 Å². The minimum absolute atomic E-state index is 0.0284. The summed E-state index contributed by atoms with van der Waals surface area (Å²) in [7, 11) is 0. The molecule has 1 rings (SSSR count). The predicted molar refractivity (Wildman–Crippen MR) is 62.0 cm³/mol. The van der Waals surface area contributed by atoms with E-state index in [1.54, 1.807) is 6.92 Å². The van der Waals surface area contributed by atoms with Crippen molar-refractivity contribution < 1.29 is 9.18 Å². The van der Waals surface area contributed by atoms with Crippen LogP contribution in [0.3, 0.4) is 0 Å². The largest absolute Gasteiger partial charge is 0.293 e. The van der Waals surface area contributed by atoms with Crippen LogP contribution in [-0.2, 0) is 0 Å². The highest BCUT2D eigenvalue weighted by Crippen LogP contribution is 2.16. The van der Waals surface area contributed by atoms with E-state index in [4.69, 9.17) is 0 Å². The third-order valence-electron chi connectivity index (χ3n) is 1.87. The highest BCUT2D eigenvalue weighted by atomic mass is 79.9. The molecule has 0 aliphatic rings. The lowest BCUT2D eigenvalue weighted by Crippen LogP contribution is -2.16. The lowest BCUT2D eigenvalue weighted by molar-refractivity contribution is 0.0997. The van der Waals surface area contributed by atoms with E-state index in [1.807, 2.05) is 0 Å². The molecule has 0 saturated heterocycles. The fourth-order valence-corrected chi connectivity index (χ4v) is 1.68. The zero-order chi connectivity index (χ0) is 10.7. The van der Waals surface area contributed by atoms with E-state index in [0.717, 1.165) is 0 Å².